The van der Waals surface area contributed by atoms with Crippen LogP contribution in [0.1, 0.15) is 0 Å². The second-order valence-electron chi connectivity index (χ2n) is 3.96. The van der Waals surface area contributed by atoms with Gasteiger partial charge in [-0.2, -0.15) is 18.2 Å². The molecule has 0 N–H and O–H groups in total. The number of hydrogen-bond donors (Lipinski definition) is 0. The van der Waals surface area contributed by atoms with E-state index in [4.69, 9.17) is 0 Å². The van der Waals surface area contributed by atoms with Crippen molar-refractivity contribution in [3.8, 4) is 0 Å². The molecule has 0 saturated heterocycles. The number of hydrogen-bond acceptors (Lipinski definition) is 0. The molecule has 0 spiro atoms. The first-order valence-corrected chi connectivity index (χ1v) is 17.3. The largest absolute Gasteiger partial charge is 3.00 e. The summed E-state index contributed by atoms with van der Waals surface area (Å²) in [7, 11) is 0. The third-order valence-corrected chi connectivity index (χ3v) is 0.556. The molecule has 3 radical (unpaired) electrons. The van der Waals surface area contributed by atoms with E-state index < -0.39 is 0 Å². The van der Waals surface area contributed by atoms with E-state index in [9.17, 15) is 0 Å². The van der Waals surface area contributed by atoms with E-state index in [-0.39, 0.29) is 79.7 Å². The number of rotatable bonds is 0. The molecule has 1 aromatic rings. The van der Waals surface area contributed by atoms with Crippen LogP contribution in [-0.2, 0) is 26.2 Å². The summed E-state index contributed by atoms with van der Waals surface area (Å²) in [6.45, 7) is 0. The molecule has 0 aliphatic rings. The Morgan fingerprint density at radius 3 is 0.938 bits per heavy atom. The van der Waals surface area contributed by atoms with E-state index in [0.717, 1.165) is 0 Å². The summed E-state index contributed by atoms with van der Waals surface area (Å²) in [5.41, 5.74) is 0. The summed E-state index contributed by atoms with van der Waals surface area (Å²) in [4.78, 5) is 0. The van der Waals surface area contributed by atoms with Crippen LogP contribution in [0.4, 0.5) is 0 Å². The van der Waals surface area contributed by atoms with Crippen LogP contribution >= 0.6 is 0 Å². The minimum atomic E-state index is -0.333. The molecule has 93 valence electrons. The van der Waals surface area contributed by atoms with Crippen molar-refractivity contribution in [1.29, 1.82) is 0 Å². The summed E-state index contributed by atoms with van der Waals surface area (Å²) >= 11 is -0.667. The van der Waals surface area contributed by atoms with Gasteiger partial charge in [0.05, 0.1) is 0 Å². The molecule has 0 saturated carbocycles. The van der Waals surface area contributed by atoms with Crippen molar-refractivity contribution < 1.29 is 51.0 Å². The summed E-state index contributed by atoms with van der Waals surface area (Å²) in [6, 6.07) is 10.0. The first kappa shape index (κ1) is 30.7. The molecule has 0 bridgehead atoms. The van der Waals surface area contributed by atoms with Crippen LogP contribution < -0.4 is 24.8 Å². The Morgan fingerprint density at radius 1 is 0.688 bits per heavy atom. The minimum Gasteiger partial charge on any atom is -1.00 e. The molecule has 16 heavy (non-hydrogen) atoms. The Hall–Kier alpha value is 1.90. The van der Waals surface area contributed by atoms with Gasteiger partial charge in [-0.05, 0) is 0 Å². The standard InChI is InChI=1S/C5H5.2C3H9Ge.2ClH.Zr/c1-2-4-5-3-1;2*1-4(2)3;;;/h1-5H;2*1-3H3;2*1H;/q-1;;;;;+3/p-2. The zero-order valence-corrected chi connectivity index (χ0v) is 19.3. The van der Waals surface area contributed by atoms with Gasteiger partial charge in [0.25, 0.3) is 0 Å². The molecule has 1 aromatic carbocycles. The van der Waals surface area contributed by atoms with Gasteiger partial charge in [0.2, 0.25) is 0 Å². The Morgan fingerprint density at radius 2 is 0.875 bits per heavy atom. The predicted octanol–water partition coefficient (Wildman–Crippen LogP) is -1.85. The van der Waals surface area contributed by atoms with Crippen molar-refractivity contribution in [3.63, 3.8) is 0 Å². The summed E-state index contributed by atoms with van der Waals surface area (Å²) in [5.74, 6) is 14.0. The molecular formula is C11H23Cl2Ge2Zr. The topological polar surface area (TPSA) is 0 Å². The van der Waals surface area contributed by atoms with Crippen molar-refractivity contribution in [1.82, 2.24) is 0 Å². The fourth-order valence-electron chi connectivity index (χ4n) is 0.321. The third-order valence-electron chi connectivity index (χ3n) is 0.556. The van der Waals surface area contributed by atoms with Crippen LogP contribution in [0.2, 0.25) is 34.5 Å². The van der Waals surface area contributed by atoms with E-state index in [2.05, 4.69) is 34.5 Å². The monoisotopic (exact) mass is 463 g/mol. The zero-order chi connectivity index (χ0) is 10.7. The van der Waals surface area contributed by atoms with Crippen LogP contribution in [0, 0.1) is 0 Å². The fourth-order valence-corrected chi connectivity index (χ4v) is 0.321. The molecule has 0 nitrogen and oxygen atoms in total. The molecule has 0 aromatic heterocycles. The smallest absolute Gasteiger partial charge is 1.00 e. The summed E-state index contributed by atoms with van der Waals surface area (Å²) in [6.07, 6.45) is 0. The SMILES string of the molecule is [CH3][Ge]([CH3])[CH3].[CH3][Ge]([CH3])[CH3].[Cl-].[Cl-].[Zr+3].c1cc[cH-]c1. The molecule has 1 rings (SSSR count). The van der Waals surface area contributed by atoms with Gasteiger partial charge in [-0.1, -0.05) is 0 Å². The van der Waals surface area contributed by atoms with Gasteiger partial charge in [-0.15, -0.1) is 0 Å². The van der Waals surface area contributed by atoms with E-state index >= 15 is 0 Å². The van der Waals surface area contributed by atoms with Gasteiger partial charge in [-0.25, -0.2) is 12.1 Å². The van der Waals surface area contributed by atoms with E-state index in [1.54, 1.807) is 0 Å². The molecule has 0 amide bonds. The van der Waals surface area contributed by atoms with E-state index in [0.29, 0.717) is 0 Å². The maximum atomic E-state index is 2.33. The first-order chi connectivity index (χ1) is 5.96. The van der Waals surface area contributed by atoms with Gasteiger partial charge in [0.1, 0.15) is 0 Å². The van der Waals surface area contributed by atoms with Crippen molar-refractivity contribution >= 4 is 28.7 Å². The van der Waals surface area contributed by atoms with Crippen molar-refractivity contribution in [2.75, 3.05) is 0 Å². The second-order valence-corrected chi connectivity index (χ2v) is 16.6. The Kier molecular flexibility index (Phi) is 49.3. The average Bonchev–Trinajstić information content (AvgIpc) is 2.35. The molecule has 0 unspecified atom stereocenters. The van der Waals surface area contributed by atoms with Crippen LogP contribution in [-0.4, -0.2) is 28.7 Å². The average molecular weight is 463 g/mol. The molecule has 5 heteroatoms. The molecule has 0 heterocycles. The zero-order valence-electron chi connectivity index (χ0n) is 11.1. The molecular weight excluding hydrogens is 439 g/mol. The van der Waals surface area contributed by atoms with Crippen molar-refractivity contribution in [2.45, 2.75) is 34.5 Å². The molecule has 0 atom stereocenters. The van der Waals surface area contributed by atoms with E-state index in [1.807, 2.05) is 30.3 Å². The van der Waals surface area contributed by atoms with Gasteiger partial charge in [0, 0.05) is 0 Å². The maximum Gasteiger partial charge on any atom is 3.00 e. The van der Waals surface area contributed by atoms with Crippen molar-refractivity contribution in [3.05, 3.63) is 30.3 Å². The molecule has 0 aliphatic carbocycles. The normalized spacial score (nSPS) is 7.00. The molecule has 0 fully saturated rings. The van der Waals surface area contributed by atoms with Crippen molar-refractivity contribution in [2.24, 2.45) is 0 Å². The van der Waals surface area contributed by atoms with Gasteiger partial charge in [0.15, 0.2) is 0 Å². The van der Waals surface area contributed by atoms with Crippen LogP contribution in [0.15, 0.2) is 30.3 Å². The van der Waals surface area contributed by atoms with Crippen LogP contribution in [0.25, 0.3) is 0 Å². The third kappa shape index (κ3) is 74.2. The van der Waals surface area contributed by atoms with E-state index in [1.165, 1.54) is 0 Å². The quantitative estimate of drug-likeness (QED) is 0.314. The minimum absolute atomic E-state index is 0. The molecule has 0 aliphatic heterocycles. The summed E-state index contributed by atoms with van der Waals surface area (Å²) < 4.78 is 0. The van der Waals surface area contributed by atoms with Crippen LogP contribution in [0.3, 0.4) is 0 Å². The number of halogens is 2. The fraction of sp³-hybridized carbons (Fsp3) is 0.545. The Labute approximate surface area is 143 Å². The second kappa shape index (κ2) is 25.7. The first-order valence-electron chi connectivity index (χ1n) is 4.67. The van der Waals surface area contributed by atoms with Crippen LogP contribution in [0.5, 0.6) is 0 Å². The summed E-state index contributed by atoms with van der Waals surface area (Å²) in [5, 5.41) is 0. The van der Waals surface area contributed by atoms with Gasteiger partial charge >= 0.3 is 89.4 Å². The van der Waals surface area contributed by atoms with Gasteiger partial charge in [-0.3, -0.25) is 0 Å². The Bertz CT molecular complexity index is 128. The predicted molar refractivity (Wildman–Crippen MR) is 68.7 cm³/mol. The Balaban J connectivity index is -0.0000000350. The maximum absolute atomic E-state index is 2.33. The van der Waals surface area contributed by atoms with Gasteiger partial charge < -0.3 is 24.8 Å².